The summed E-state index contributed by atoms with van der Waals surface area (Å²) in [7, 11) is -3.32. The quantitative estimate of drug-likeness (QED) is 0.717. The van der Waals surface area contributed by atoms with Crippen molar-refractivity contribution in [1.82, 2.24) is 19.2 Å². The zero-order valence-corrected chi connectivity index (χ0v) is 13.1. The van der Waals surface area contributed by atoms with Gasteiger partial charge in [0, 0.05) is 32.0 Å². The number of ether oxygens (including phenoxy) is 1. The van der Waals surface area contributed by atoms with E-state index in [1.807, 2.05) is 0 Å². The summed E-state index contributed by atoms with van der Waals surface area (Å²) in [5.41, 5.74) is 0.267. The van der Waals surface area contributed by atoms with Gasteiger partial charge in [0.25, 0.3) is 5.91 Å². The summed E-state index contributed by atoms with van der Waals surface area (Å²) in [6.07, 6.45) is 6.03. The van der Waals surface area contributed by atoms with Gasteiger partial charge in [0.15, 0.2) is 0 Å². The predicted molar refractivity (Wildman–Crippen MR) is 77.6 cm³/mol. The van der Waals surface area contributed by atoms with Crippen molar-refractivity contribution in [3.05, 3.63) is 24.3 Å². The highest BCUT2D eigenvalue weighted by Crippen LogP contribution is 2.25. The maximum Gasteiger partial charge on any atom is 0.274 e. The molecule has 0 N–H and O–H groups in total. The summed E-state index contributed by atoms with van der Waals surface area (Å²) in [4.78, 5) is 22.0. The monoisotopic (exact) mass is 326 g/mol. The Morgan fingerprint density at radius 3 is 2.86 bits per heavy atom. The standard InChI is InChI=1S/C13H18N4O4S/c1-22(19,20)17-6-7-21-12-2-5-16(9-11(12)17)13(18)10-8-14-3-4-15-10/h3-4,8,11-12H,2,5-7,9H2,1H3/t11-,12-/m0/s1. The third kappa shape index (κ3) is 2.96. The van der Waals surface area contributed by atoms with Crippen molar-refractivity contribution in [3.8, 4) is 0 Å². The summed E-state index contributed by atoms with van der Waals surface area (Å²) < 4.78 is 31.0. The number of carbonyl (C=O) groups is 1. The molecule has 2 saturated heterocycles. The molecule has 9 heteroatoms. The van der Waals surface area contributed by atoms with E-state index in [9.17, 15) is 13.2 Å². The van der Waals surface area contributed by atoms with E-state index in [-0.39, 0.29) is 23.7 Å². The largest absolute Gasteiger partial charge is 0.375 e. The van der Waals surface area contributed by atoms with E-state index < -0.39 is 10.0 Å². The number of hydrogen-bond donors (Lipinski definition) is 0. The lowest BCUT2D eigenvalue weighted by molar-refractivity contribution is -0.0705. The topological polar surface area (TPSA) is 92.7 Å². The van der Waals surface area contributed by atoms with Crippen LogP contribution in [0.1, 0.15) is 16.9 Å². The minimum absolute atomic E-state index is 0.158. The van der Waals surface area contributed by atoms with Gasteiger partial charge in [-0.25, -0.2) is 13.4 Å². The predicted octanol–water partition coefficient (Wildman–Crippen LogP) is -0.648. The summed E-state index contributed by atoms with van der Waals surface area (Å²) in [5.74, 6) is -0.231. The highest BCUT2D eigenvalue weighted by molar-refractivity contribution is 7.88. The molecule has 2 aliphatic heterocycles. The van der Waals surface area contributed by atoms with Crippen LogP contribution in [0.2, 0.25) is 0 Å². The molecular weight excluding hydrogens is 308 g/mol. The molecule has 0 bridgehead atoms. The van der Waals surface area contributed by atoms with Gasteiger partial charge in [-0.1, -0.05) is 0 Å². The van der Waals surface area contributed by atoms with Gasteiger partial charge in [0.1, 0.15) is 5.69 Å². The first kappa shape index (κ1) is 15.3. The maximum atomic E-state index is 12.4. The summed E-state index contributed by atoms with van der Waals surface area (Å²) in [5, 5.41) is 0. The number of hydrogen-bond acceptors (Lipinski definition) is 6. The van der Waals surface area contributed by atoms with Crippen LogP contribution in [0.5, 0.6) is 0 Å². The SMILES string of the molecule is CS(=O)(=O)N1CCO[C@H]2CCN(C(=O)c3cnccn3)C[C@@H]21. The van der Waals surface area contributed by atoms with Crippen molar-refractivity contribution in [2.75, 3.05) is 32.5 Å². The minimum Gasteiger partial charge on any atom is -0.375 e. The van der Waals surface area contributed by atoms with Crippen LogP contribution in [0.25, 0.3) is 0 Å². The Bertz CT molecular complexity index is 651. The molecule has 0 saturated carbocycles. The Kier molecular flexibility index (Phi) is 4.11. The number of likely N-dealkylation sites (tertiary alicyclic amines) is 1. The number of nitrogens with zero attached hydrogens (tertiary/aromatic N) is 4. The van der Waals surface area contributed by atoms with Gasteiger partial charge in [-0.15, -0.1) is 0 Å². The van der Waals surface area contributed by atoms with Crippen LogP contribution in [-0.2, 0) is 14.8 Å². The molecule has 0 unspecified atom stereocenters. The number of fused-ring (bicyclic) bond motifs is 1. The Hall–Kier alpha value is -1.58. The van der Waals surface area contributed by atoms with Crippen LogP contribution in [0.3, 0.4) is 0 Å². The first-order chi connectivity index (χ1) is 10.5. The molecule has 3 heterocycles. The Morgan fingerprint density at radius 2 is 2.18 bits per heavy atom. The first-order valence-corrected chi connectivity index (χ1v) is 8.95. The van der Waals surface area contributed by atoms with Crippen molar-refractivity contribution in [2.45, 2.75) is 18.6 Å². The summed E-state index contributed by atoms with van der Waals surface area (Å²) in [6, 6.07) is -0.335. The normalized spacial score (nSPS) is 26.5. The van der Waals surface area contributed by atoms with Crippen LogP contribution in [0.15, 0.2) is 18.6 Å². The molecule has 1 aromatic rings. The number of sulfonamides is 1. The number of aromatic nitrogens is 2. The number of morpholine rings is 1. The van der Waals surface area contributed by atoms with Crippen LogP contribution >= 0.6 is 0 Å². The second kappa shape index (κ2) is 5.90. The molecule has 3 rings (SSSR count). The fraction of sp³-hybridized carbons (Fsp3) is 0.615. The van der Waals surface area contributed by atoms with Crippen molar-refractivity contribution < 1.29 is 17.9 Å². The van der Waals surface area contributed by atoms with Gasteiger partial charge >= 0.3 is 0 Å². The second-order valence-corrected chi connectivity index (χ2v) is 7.42. The van der Waals surface area contributed by atoms with Crippen LogP contribution in [0, 0.1) is 0 Å². The molecule has 120 valence electrons. The molecule has 0 aliphatic carbocycles. The third-order valence-corrected chi connectivity index (χ3v) is 5.33. The van der Waals surface area contributed by atoms with Crippen molar-refractivity contribution >= 4 is 15.9 Å². The summed E-state index contributed by atoms with van der Waals surface area (Å²) >= 11 is 0. The van der Waals surface area contributed by atoms with Crippen molar-refractivity contribution in [1.29, 1.82) is 0 Å². The smallest absolute Gasteiger partial charge is 0.274 e. The van der Waals surface area contributed by atoms with Gasteiger partial charge < -0.3 is 9.64 Å². The average molecular weight is 326 g/mol. The number of carbonyl (C=O) groups excluding carboxylic acids is 1. The van der Waals surface area contributed by atoms with Crippen LogP contribution in [-0.4, -0.2) is 78.1 Å². The lowest BCUT2D eigenvalue weighted by Crippen LogP contribution is -2.61. The Morgan fingerprint density at radius 1 is 1.36 bits per heavy atom. The van der Waals surface area contributed by atoms with Crippen molar-refractivity contribution in [3.63, 3.8) is 0 Å². The van der Waals surface area contributed by atoms with Crippen molar-refractivity contribution in [2.24, 2.45) is 0 Å². The summed E-state index contributed by atoms with van der Waals surface area (Å²) in [6.45, 7) is 1.56. The van der Waals surface area contributed by atoms with E-state index >= 15 is 0 Å². The Labute approximate surface area is 129 Å². The number of amides is 1. The lowest BCUT2D eigenvalue weighted by Gasteiger charge is -2.45. The molecule has 0 spiro atoms. The van der Waals surface area contributed by atoms with Gasteiger partial charge in [-0.2, -0.15) is 4.31 Å². The van der Waals surface area contributed by atoms with E-state index in [4.69, 9.17) is 4.74 Å². The fourth-order valence-electron chi connectivity index (χ4n) is 3.01. The molecule has 22 heavy (non-hydrogen) atoms. The van der Waals surface area contributed by atoms with Gasteiger partial charge in [-0.05, 0) is 6.42 Å². The van der Waals surface area contributed by atoms with Crippen LogP contribution in [0.4, 0.5) is 0 Å². The molecule has 8 nitrogen and oxygen atoms in total. The first-order valence-electron chi connectivity index (χ1n) is 7.10. The van der Waals surface area contributed by atoms with E-state index in [1.165, 1.54) is 29.2 Å². The third-order valence-electron chi connectivity index (χ3n) is 4.03. The molecule has 1 amide bonds. The molecule has 2 atom stereocenters. The molecule has 2 aliphatic rings. The van der Waals surface area contributed by atoms with E-state index in [0.717, 1.165) is 0 Å². The highest BCUT2D eigenvalue weighted by atomic mass is 32.2. The number of rotatable bonds is 2. The molecular formula is C13H18N4O4S. The van der Waals surface area contributed by atoms with E-state index in [1.54, 1.807) is 4.90 Å². The number of piperidine rings is 1. The zero-order chi connectivity index (χ0) is 15.7. The van der Waals surface area contributed by atoms with Gasteiger partial charge in [0.2, 0.25) is 10.0 Å². The average Bonchev–Trinajstić information content (AvgIpc) is 2.53. The molecule has 1 aromatic heterocycles. The van der Waals surface area contributed by atoms with Gasteiger partial charge in [-0.3, -0.25) is 9.78 Å². The highest BCUT2D eigenvalue weighted by Gasteiger charge is 2.42. The fourth-order valence-corrected chi connectivity index (χ4v) is 4.11. The van der Waals surface area contributed by atoms with Gasteiger partial charge in [0.05, 0.1) is 31.2 Å². The lowest BCUT2D eigenvalue weighted by atomic mass is 10.0. The zero-order valence-electron chi connectivity index (χ0n) is 12.3. The van der Waals surface area contributed by atoms with Crippen LogP contribution < -0.4 is 0 Å². The Balaban J connectivity index is 1.79. The van der Waals surface area contributed by atoms with E-state index in [0.29, 0.717) is 32.7 Å². The molecule has 0 aromatic carbocycles. The van der Waals surface area contributed by atoms with E-state index in [2.05, 4.69) is 9.97 Å². The maximum absolute atomic E-state index is 12.4. The second-order valence-electron chi connectivity index (χ2n) is 5.48. The molecule has 2 fully saturated rings. The molecule has 0 radical (unpaired) electrons. The minimum atomic E-state index is -3.32.